The Morgan fingerprint density at radius 2 is 1.84 bits per heavy atom. The molecule has 0 saturated heterocycles. The van der Waals surface area contributed by atoms with Crippen molar-refractivity contribution in [2.45, 2.75) is 64.5 Å². The van der Waals surface area contributed by atoms with Gasteiger partial charge in [0, 0.05) is 19.5 Å². The van der Waals surface area contributed by atoms with Crippen LogP contribution in [0.1, 0.15) is 64.0 Å². The van der Waals surface area contributed by atoms with Gasteiger partial charge in [-0.05, 0) is 37.5 Å². The van der Waals surface area contributed by atoms with Crippen LogP contribution in [0.5, 0.6) is 5.75 Å². The third kappa shape index (κ3) is 5.48. The van der Waals surface area contributed by atoms with Gasteiger partial charge in [0.05, 0.1) is 19.6 Å². The van der Waals surface area contributed by atoms with Gasteiger partial charge < -0.3 is 15.0 Å². The van der Waals surface area contributed by atoms with Gasteiger partial charge in [0.25, 0.3) is 0 Å². The smallest absolute Gasteiger partial charge is 0.225 e. The number of methoxy groups -OCH3 is 1. The zero-order valence-electron chi connectivity index (χ0n) is 15.6. The Labute approximate surface area is 150 Å². The summed E-state index contributed by atoms with van der Waals surface area (Å²) in [6.45, 7) is 4.24. The Bertz CT molecular complexity index is 565. The second-order valence-corrected chi connectivity index (χ2v) is 6.70. The summed E-state index contributed by atoms with van der Waals surface area (Å²) >= 11 is 0. The number of amides is 2. The van der Waals surface area contributed by atoms with Gasteiger partial charge in [0.15, 0.2) is 0 Å². The van der Waals surface area contributed by atoms with Gasteiger partial charge in [-0.2, -0.15) is 0 Å². The first-order valence-electron chi connectivity index (χ1n) is 9.25. The number of hydrogen-bond acceptors (Lipinski definition) is 3. The topological polar surface area (TPSA) is 58.6 Å². The van der Waals surface area contributed by atoms with E-state index in [0.29, 0.717) is 6.04 Å². The van der Waals surface area contributed by atoms with Gasteiger partial charge in [-0.1, -0.05) is 31.4 Å². The van der Waals surface area contributed by atoms with Gasteiger partial charge in [0.2, 0.25) is 11.8 Å². The van der Waals surface area contributed by atoms with Crippen molar-refractivity contribution in [3.05, 3.63) is 29.8 Å². The minimum absolute atomic E-state index is 0.115. The van der Waals surface area contributed by atoms with Crippen LogP contribution < -0.4 is 10.1 Å². The molecule has 1 aliphatic rings. The SMILES string of the molecule is CCN(C(=O)CC(NC(C)=O)c1ccc(OC)cc1)C1CCCCC1. The summed E-state index contributed by atoms with van der Waals surface area (Å²) in [6, 6.07) is 7.56. The lowest BCUT2D eigenvalue weighted by Crippen LogP contribution is -2.43. The number of carbonyl (C=O) groups is 2. The quantitative estimate of drug-likeness (QED) is 0.823. The summed E-state index contributed by atoms with van der Waals surface area (Å²) in [6.07, 6.45) is 6.13. The van der Waals surface area contributed by atoms with Crippen molar-refractivity contribution in [1.82, 2.24) is 10.2 Å². The van der Waals surface area contributed by atoms with E-state index in [9.17, 15) is 9.59 Å². The first kappa shape index (κ1) is 19.3. The maximum atomic E-state index is 12.9. The number of nitrogens with zero attached hydrogens (tertiary/aromatic N) is 1. The average Bonchev–Trinajstić information content (AvgIpc) is 2.62. The highest BCUT2D eigenvalue weighted by Crippen LogP contribution is 2.26. The van der Waals surface area contributed by atoms with Crippen molar-refractivity contribution in [2.24, 2.45) is 0 Å². The van der Waals surface area contributed by atoms with Crippen molar-refractivity contribution < 1.29 is 14.3 Å². The first-order valence-corrected chi connectivity index (χ1v) is 9.25. The first-order chi connectivity index (χ1) is 12.0. The van der Waals surface area contributed by atoms with Gasteiger partial charge in [-0.15, -0.1) is 0 Å². The van der Waals surface area contributed by atoms with Crippen LogP contribution in [0.25, 0.3) is 0 Å². The Morgan fingerprint density at radius 1 is 1.20 bits per heavy atom. The molecule has 25 heavy (non-hydrogen) atoms. The van der Waals surface area contributed by atoms with Crippen molar-refractivity contribution >= 4 is 11.8 Å². The maximum absolute atomic E-state index is 12.9. The van der Waals surface area contributed by atoms with Crippen LogP contribution in [0.2, 0.25) is 0 Å². The molecule has 1 unspecified atom stereocenters. The average molecular weight is 346 g/mol. The summed E-state index contributed by atoms with van der Waals surface area (Å²) in [7, 11) is 1.62. The van der Waals surface area contributed by atoms with Crippen LogP contribution in [0.3, 0.4) is 0 Å². The molecule has 1 aromatic carbocycles. The molecule has 2 rings (SSSR count). The maximum Gasteiger partial charge on any atom is 0.225 e. The number of ether oxygens (including phenoxy) is 1. The lowest BCUT2D eigenvalue weighted by molar-refractivity contribution is -0.134. The van der Waals surface area contributed by atoms with Crippen LogP contribution in [-0.4, -0.2) is 36.4 Å². The molecule has 0 aliphatic heterocycles. The van der Waals surface area contributed by atoms with Gasteiger partial charge in [0.1, 0.15) is 5.75 Å². The van der Waals surface area contributed by atoms with Crippen molar-refractivity contribution in [2.75, 3.05) is 13.7 Å². The lowest BCUT2D eigenvalue weighted by Gasteiger charge is -2.34. The van der Waals surface area contributed by atoms with E-state index in [4.69, 9.17) is 4.74 Å². The van der Waals surface area contributed by atoms with Crippen LogP contribution >= 0.6 is 0 Å². The molecule has 0 spiro atoms. The van der Waals surface area contributed by atoms with Crippen LogP contribution in [0, 0.1) is 0 Å². The Kier molecular flexibility index (Phi) is 7.29. The largest absolute Gasteiger partial charge is 0.497 e. The molecule has 2 amide bonds. The number of hydrogen-bond donors (Lipinski definition) is 1. The van der Waals surface area contributed by atoms with Crippen molar-refractivity contribution in [3.63, 3.8) is 0 Å². The van der Waals surface area contributed by atoms with Gasteiger partial charge in [-0.25, -0.2) is 0 Å². The molecule has 1 atom stereocenters. The molecule has 5 heteroatoms. The predicted octanol–water partition coefficient (Wildman–Crippen LogP) is 3.44. The minimum atomic E-state index is -0.312. The molecule has 1 fully saturated rings. The number of rotatable bonds is 7. The van der Waals surface area contributed by atoms with E-state index in [1.54, 1.807) is 7.11 Å². The summed E-state index contributed by atoms with van der Waals surface area (Å²) in [5.41, 5.74) is 0.920. The van der Waals surface area contributed by atoms with Gasteiger partial charge in [-0.3, -0.25) is 9.59 Å². The fourth-order valence-electron chi connectivity index (χ4n) is 3.66. The lowest BCUT2D eigenvalue weighted by atomic mass is 9.93. The molecule has 138 valence electrons. The van der Waals surface area contributed by atoms with Crippen LogP contribution in [-0.2, 0) is 9.59 Å². The second-order valence-electron chi connectivity index (χ2n) is 6.70. The molecule has 0 heterocycles. The monoisotopic (exact) mass is 346 g/mol. The summed E-state index contributed by atoms with van der Waals surface area (Å²) in [5, 5.41) is 2.92. The number of benzene rings is 1. The Balaban J connectivity index is 2.10. The van der Waals surface area contributed by atoms with Crippen LogP contribution in [0.15, 0.2) is 24.3 Å². The third-order valence-corrected chi connectivity index (χ3v) is 4.95. The third-order valence-electron chi connectivity index (χ3n) is 4.95. The van der Waals surface area contributed by atoms with Crippen molar-refractivity contribution in [1.29, 1.82) is 0 Å². The normalized spacial score (nSPS) is 16.1. The number of nitrogens with one attached hydrogen (secondary N) is 1. The fraction of sp³-hybridized carbons (Fsp3) is 0.600. The molecule has 0 aromatic heterocycles. The Morgan fingerprint density at radius 3 is 2.36 bits per heavy atom. The van der Waals surface area contributed by atoms with E-state index >= 15 is 0 Å². The molecular weight excluding hydrogens is 316 g/mol. The van der Waals surface area contributed by atoms with E-state index < -0.39 is 0 Å². The molecule has 5 nitrogen and oxygen atoms in total. The van der Waals surface area contributed by atoms with E-state index in [1.165, 1.54) is 26.2 Å². The highest BCUT2D eigenvalue weighted by atomic mass is 16.5. The minimum Gasteiger partial charge on any atom is -0.497 e. The van der Waals surface area contributed by atoms with E-state index in [-0.39, 0.29) is 24.3 Å². The molecule has 1 aromatic rings. The zero-order chi connectivity index (χ0) is 18.2. The second kappa shape index (κ2) is 9.44. The van der Waals surface area contributed by atoms with E-state index in [0.717, 1.165) is 30.7 Å². The predicted molar refractivity (Wildman–Crippen MR) is 98.4 cm³/mol. The van der Waals surface area contributed by atoms with Gasteiger partial charge >= 0.3 is 0 Å². The Hall–Kier alpha value is -2.04. The zero-order valence-corrected chi connectivity index (χ0v) is 15.6. The highest BCUT2D eigenvalue weighted by Gasteiger charge is 2.26. The van der Waals surface area contributed by atoms with Crippen LogP contribution in [0.4, 0.5) is 0 Å². The molecule has 0 bridgehead atoms. The highest BCUT2D eigenvalue weighted by molar-refractivity contribution is 5.79. The van der Waals surface area contributed by atoms with E-state index in [2.05, 4.69) is 5.32 Å². The molecule has 1 N–H and O–H groups in total. The summed E-state index contributed by atoms with van der Waals surface area (Å²) < 4.78 is 5.18. The fourth-order valence-corrected chi connectivity index (χ4v) is 3.66. The molecule has 0 radical (unpaired) electrons. The summed E-state index contributed by atoms with van der Waals surface area (Å²) in [5.74, 6) is 0.743. The van der Waals surface area contributed by atoms with E-state index in [1.807, 2.05) is 36.1 Å². The standard InChI is InChI=1S/C20H30N2O3/c1-4-22(17-8-6-5-7-9-17)20(24)14-19(21-15(2)23)16-10-12-18(25-3)13-11-16/h10-13,17,19H,4-9,14H2,1-3H3,(H,21,23). The molecule has 1 aliphatic carbocycles. The molecular formula is C20H30N2O3. The summed E-state index contributed by atoms with van der Waals surface area (Å²) in [4.78, 5) is 26.5. The number of carbonyl (C=O) groups excluding carboxylic acids is 2. The molecule has 1 saturated carbocycles. The van der Waals surface area contributed by atoms with Crippen molar-refractivity contribution in [3.8, 4) is 5.75 Å².